The van der Waals surface area contributed by atoms with Crippen LogP contribution < -0.4 is 0 Å². The summed E-state index contributed by atoms with van der Waals surface area (Å²) in [5.41, 5.74) is 0.0931. The van der Waals surface area contributed by atoms with Crippen LogP contribution in [0.4, 0.5) is 4.79 Å². The first-order chi connectivity index (χ1) is 8.02. The van der Waals surface area contributed by atoms with Crippen molar-refractivity contribution in [3.05, 3.63) is 29.8 Å². The van der Waals surface area contributed by atoms with Crippen molar-refractivity contribution < 1.29 is 19.7 Å². The quantitative estimate of drug-likeness (QED) is 0.825. The van der Waals surface area contributed by atoms with E-state index < -0.39 is 11.7 Å². The highest BCUT2D eigenvalue weighted by atomic mass is 16.6. The number of aliphatic hydroxyl groups excluding tert-OH is 1. The Labute approximate surface area is 99.2 Å². The molecule has 2 N–H and O–H groups in total. The fraction of sp³-hybridized carbons (Fsp3) is 0.417. The average molecular weight is 237 g/mol. The first kappa shape index (κ1) is 11.7. The fourth-order valence-corrected chi connectivity index (χ4v) is 1.80. The van der Waals surface area contributed by atoms with E-state index in [1.54, 1.807) is 31.2 Å². The molecule has 0 saturated carbocycles. The minimum Gasteiger partial charge on any atom is -0.508 e. The molecule has 0 bridgehead atoms. The highest BCUT2D eigenvalue weighted by Gasteiger charge is 2.40. The standard InChI is InChI=1S/C12H15NO4/c1-12(8-14)7-13(11(16)17-12)6-9-2-4-10(15)5-3-9/h2-5,14-15H,6-8H2,1H3. The van der Waals surface area contributed by atoms with Crippen LogP contribution in [-0.4, -0.2) is 40.0 Å². The van der Waals surface area contributed by atoms with Gasteiger partial charge in [0.05, 0.1) is 13.2 Å². The first-order valence-electron chi connectivity index (χ1n) is 5.39. The molecule has 1 heterocycles. The Kier molecular flexibility index (Phi) is 2.93. The Morgan fingerprint density at radius 3 is 2.59 bits per heavy atom. The van der Waals surface area contributed by atoms with E-state index in [0.717, 1.165) is 5.56 Å². The van der Waals surface area contributed by atoms with Gasteiger partial charge in [0.15, 0.2) is 5.60 Å². The number of rotatable bonds is 3. The zero-order chi connectivity index (χ0) is 12.5. The van der Waals surface area contributed by atoms with E-state index in [4.69, 9.17) is 14.9 Å². The zero-order valence-electron chi connectivity index (χ0n) is 9.59. The van der Waals surface area contributed by atoms with Gasteiger partial charge in [-0.15, -0.1) is 0 Å². The van der Waals surface area contributed by atoms with Crippen LogP contribution >= 0.6 is 0 Å². The molecular formula is C12H15NO4. The molecule has 1 aliphatic heterocycles. The fourth-order valence-electron chi connectivity index (χ4n) is 1.80. The molecule has 0 spiro atoms. The van der Waals surface area contributed by atoms with Gasteiger partial charge in [-0.2, -0.15) is 0 Å². The Morgan fingerprint density at radius 2 is 2.06 bits per heavy atom. The Morgan fingerprint density at radius 1 is 1.41 bits per heavy atom. The lowest BCUT2D eigenvalue weighted by atomic mass is 10.1. The van der Waals surface area contributed by atoms with Gasteiger partial charge in [-0.05, 0) is 24.6 Å². The zero-order valence-corrected chi connectivity index (χ0v) is 9.59. The minimum absolute atomic E-state index is 0.190. The summed E-state index contributed by atoms with van der Waals surface area (Å²) >= 11 is 0. The predicted molar refractivity (Wildman–Crippen MR) is 60.5 cm³/mol. The Hall–Kier alpha value is -1.75. The normalized spacial score (nSPS) is 23.9. The number of aliphatic hydroxyl groups is 1. The van der Waals surface area contributed by atoms with Crippen LogP contribution in [0.25, 0.3) is 0 Å². The van der Waals surface area contributed by atoms with Crippen LogP contribution in [0.5, 0.6) is 5.75 Å². The van der Waals surface area contributed by atoms with Gasteiger partial charge in [0.1, 0.15) is 5.75 Å². The number of aromatic hydroxyl groups is 1. The Balaban J connectivity index is 2.05. The summed E-state index contributed by atoms with van der Waals surface area (Å²) in [6.07, 6.45) is -0.422. The molecule has 1 atom stereocenters. The second-order valence-electron chi connectivity index (χ2n) is 4.50. The maximum atomic E-state index is 11.6. The molecule has 92 valence electrons. The van der Waals surface area contributed by atoms with Crippen LogP contribution in [0, 0.1) is 0 Å². The lowest BCUT2D eigenvalue weighted by Crippen LogP contribution is -2.34. The summed E-state index contributed by atoms with van der Waals surface area (Å²) < 4.78 is 5.09. The number of nitrogens with zero attached hydrogens (tertiary/aromatic N) is 1. The number of ether oxygens (including phenoxy) is 1. The van der Waals surface area contributed by atoms with Gasteiger partial charge in [0.25, 0.3) is 0 Å². The molecule has 5 heteroatoms. The third-order valence-electron chi connectivity index (χ3n) is 2.76. The van der Waals surface area contributed by atoms with Gasteiger partial charge in [-0.1, -0.05) is 12.1 Å². The molecule has 1 aromatic rings. The summed E-state index contributed by atoms with van der Waals surface area (Å²) in [4.78, 5) is 13.1. The monoisotopic (exact) mass is 237 g/mol. The number of carbonyl (C=O) groups excluding carboxylic acids is 1. The van der Waals surface area contributed by atoms with Crippen LogP contribution in [0.3, 0.4) is 0 Å². The van der Waals surface area contributed by atoms with Crippen molar-refractivity contribution in [3.8, 4) is 5.75 Å². The second-order valence-corrected chi connectivity index (χ2v) is 4.50. The van der Waals surface area contributed by atoms with Gasteiger partial charge >= 0.3 is 6.09 Å². The number of hydrogen-bond acceptors (Lipinski definition) is 4. The van der Waals surface area contributed by atoms with Crippen molar-refractivity contribution >= 4 is 6.09 Å². The number of phenolic OH excluding ortho intramolecular Hbond substituents is 1. The smallest absolute Gasteiger partial charge is 0.410 e. The molecular weight excluding hydrogens is 222 g/mol. The number of cyclic esters (lactones) is 1. The predicted octanol–water partition coefficient (Wildman–Crippen LogP) is 1.10. The van der Waals surface area contributed by atoms with Crippen LogP contribution in [0.2, 0.25) is 0 Å². The van der Waals surface area contributed by atoms with Crippen molar-refractivity contribution in [1.29, 1.82) is 0 Å². The summed E-state index contributed by atoms with van der Waals surface area (Å²) in [6.45, 7) is 2.28. The molecule has 5 nitrogen and oxygen atoms in total. The van der Waals surface area contributed by atoms with E-state index in [1.807, 2.05) is 0 Å². The summed E-state index contributed by atoms with van der Waals surface area (Å²) in [5, 5.41) is 18.3. The lowest BCUT2D eigenvalue weighted by Gasteiger charge is -2.18. The van der Waals surface area contributed by atoms with Crippen molar-refractivity contribution in [2.75, 3.05) is 13.2 Å². The molecule has 1 amide bonds. The van der Waals surface area contributed by atoms with Crippen molar-refractivity contribution in [2.45, 2.75) is 19.1 Å². The maximum absolute atomic E-state index is 11.6. The SMILES string of the molecule is CC1(CO)CN(Cc2ccc(O)cc2)C(=O)O1. The van der Waals surface area contributed by atoms with Gasteiger partial charge < -0.3 is 14.9 Å². The number of hydrogen-bond donors (Lipinski definition) is 2. The van der Waals surface area contributed by atoms with Gasteiger partial charge in [-0.25, -0.2) is 4.79 Å². The molecule has 1 unspecified atom stereocenters. The van der Waals surface area contributed by atoms with E-state index in [2.05, 4.69) is 0 Å². The summed E-state index contributed by atoms with van der Waals surface area (Å²) in [5.74, 6) is 0.193. The topological polar surface area (TPSA) is 70.0 Å². The third kappa shape index (κ3) is 2.50. The van der Waals surface area contributed by atoms with E-state index in [1.165, 1.54) is 4.90 Å². The lowest BCUT2D eigenvalue weighted by molar-refractivity contribution is 0.0219. The Bertz CT molecular complexity index is 417. The van der Waals surface area contributed by atoms with E-state index in [9.17, 15) is 4.79 Å². The second kappa shape index (κ2) is 4.25. The summed E-state index contributed by atoms with van der Waals surface area (Å²) in [7, 11) is 0. The number of amides is 1. The van der Waals surface area contributed by atoms with Gasteiger partial charge in [0, 0.05) is 6.54 Å². The van der Waals surface area contributed by atoms with E-state index in [0.29, 0.717) is 13.1 Å². The molecule has 0 radical (unpaired) electrons. The maximum Gasteiger partial charge on any atom is 0.410 e. The molecule has 0 aliphatic carbocycles. The molecule has 1 fully saturated rings. The number of benzene rings is 1. The van der Waals surface area contributed by atoms with Gasteiger partial charge in [0.2, 0.25) is 0 Å². The molecule has 1 aliphatic rings. The molecule has 2 rings (SSSR count). The minimum atomic E-state index is -0.812. The first-order valence-corrected chi connectivity index (χ1v) is 5.39. The molecule has 17 heavy (non-hydrogen) atoms. The molecule has 1 aromatic carbocycles. The largest absolute Gasteiger partial charge is 0.508 e. The average Bonchev–Trinajstić information content (AvgIpc) is 2.58. The van der Waals surface area contributed by atoms with Gasteiger partial charge in [-0.3, -0.25) is 4.90 Å². The van der Waals surface area contributed by atoms with Crippen LogP contribution in [0.15, 0.2) is 24.3 Å². The number of carbonyl (C=O) groups is 1. The van der Waals surface area contributed by atoms with E-state index in [-0.39, 0.29) is 12.4 Å². The third-order valence-corrected chi connectivity index (χ3v) is 2.76. The van der Waals surface area contributed by atoms with Crippen LogP contribution in [0.1, 0.15) is 12.5 Å². The van der Waals surface area contributed by atoms with Crippen molar-refractivity contribution in [1.82, 2.24) is 4.90 Å². The van der Waals surface area contributed by atoms with Crippen molar-refractivity contribution in [2.24, 2.45) is 0 Å². The number of phenols is 1. The highest BCUT2D eigenvalue weighted by molar-refractivity contribution is 5.70. The summed E-state index contributed by atoms with van der Waals surface area (Å²) in [6, 6.07) is 6.64. The molecule has 0 aromatic heterocycles. The van der Waals surface area contributed by atoms with Crippen molar-refractivity contribution in [3.63, 3.8) is 0 Å². The highest BCUT2D eigenvalue weighted by Crippen LogP contribution is 2.23. The molecule has 1 saturated heterocycles. The van der Waals surface area contributed by atoms with Crippen LogP contribution in [-0.2, 0) is 11.3 Å². The van der Waals surface area contributed by atoms with E-state index >= 15 is 0 Å².